The number of hydrogen-bond acceptors (Lipinski definition) is 6. The van der Waals surface area contributed by atoms with Gasteiger partial charge in [0.05, 0.1) is 7.11 Å². The van der Waals surface area contributed by atoms with Gasteiger partial charge in [0.2, 0.25) is 5.91 Å². The SMILES string of the molecule is C/C=C/c1ccc(OCC(=O)OCC(=O)N2CCCC2=O)c(OC)c1. The highest BCUT2D eigenvalue weighted by atomic mass is 16.6. The molecule has 7 nitrogen and oxygen atoms in total. The number of amides is 2. The molecule has 0 bridgehead atoms. The number of likely N-dealkylation sites (tertiary alicyclic amines) is 1. The first kappa shape index (κ1) is 18.5. The van der Waals surface area contributed by atoms with Crippen LogP contribution in [0, 0.1) is 0 Å². The van der Waals surface area contributed by atoms with E-state index in [-0.39, 0.29) is 12.5 Å². The molecule has 1 fully saturated rings. The smallest absolute Gasteiger partial charge is 0.344 e. The minimum atomic E-state index is -0.695. The number of hydrogen-bond donors (Lipinski definition) is 0. The molecule has 2 rings (SSSR count). The standard InChI is InChI=1S/C18H21NO6/c1-3-5-13-7-8-14(15(10-13)23-2)24-12-18(22)25-11-17(21)19-9-4-6-16(19)20/h3,5,7-8,10H,4,6,9,11-12H2,1-2H3/b5-3+. The lowest BCUT2D eigenvalue weighted by atomic mass is 10.2. The summed E-state index contributed by atoms with van der Waals surface area (Å²) in [5.74, 6) is -0.553. The monoisotopic (exact) mass is 347 g/mol. The van der Waals surface area contributed by atoms with Gasteiger partial charge < -0.3 is 14.2 Å². The summed E-state index contributed by atoms with van der Waals surface area (Å²) in [6, 6.07) is 5.30. The fourth-order valence-electron chi connectivity index (χ4n) is 2.41. The Morgan fingerprint density at radius 3 is 2.68 bits per heavy atom. The number of benzene rings is 1. The molecule has 0 spiro atoms. The van der Waals surface area contributed by atoms with Gasteiger partial charge in [-0.05, 0) is 31.0 Å². The number of carbonyl (C=O) groups excluding carboxylic acids is 3. The van der Waals surface area contributed by atoms with E-state index in [1.165, 1.54) is 7.11 Å². The van der Waals surface area contributed by atoms with Gasteiger partial charge in [0.1, 0.15) is 0 Å². The normalized spacial score (nSPS) is 14.0. The zero-order valence-corrected chi connectivity index (χ0v) is 14.3. The highest BCUT2D eigenvalue weighted by molar-refractivity contribution is 5.97. The summed E-state index contributed by atoms with van der Waals surface area (Å²) in [7, 11) is 1.51. The molecule has 25 heavy (non-hydrogen) atoms. The second-order valence-corrected chi connectivity index (χ2v) is 5.40. The Kier molecular flexibility index (Phi) is 6.56. The first-order valence-electron chi connectivity index (χ1n) is 7.97. The lowest BCUT2D eigenvalue weighted by molar-refractivity contribution is -0.156. The Morgan fingerprint density at radius 1 is 1.24 bits per heavy atom. The van der Waals surface area contributed by atoms with Crippen LogP contribution in [0.4, 0.5) is 0 Å². The summed E-state index contributed by atoms with van der Waals surface area (Å²) < 4.78 is 15.5. The summed E-state index contributed by atoms with van der Waals surface area (Å²) in [6.07, 6.45) is 4.80. The number of rotatable bonds is 7. The maximum atomic E-state index is 11.8. The topological polar surface area (TPSA) is 82.1 Å². The zero-order chi connectivity index (χ0) is 18.2. The molecular weight excluding hydrogens is 326 g/mol. The lowest BCUT2D eigenvalue weighted by Crippen LogP contribution is -2.35. The van der Waals surface area contributed by atoms with Crippen molar-refractivity contribution in [3.8, 4) is 11.5 Å². The second-order valence-electron chi connectivity index (χ2n) is 5.40. The molecule has 0 N–H and O–H groups in total. The Balaban J connectivity index is 1.83. The van der Waals surface area contributed by atoms with Gasteiger partial charge in [0, 0.05) is 13.0 Å². The predicted octanol–water partition coefficient (Wildman–Crippen LogP) is 1.80. The largest absolute Gasteiger partial charge is 0.493 e. The predicted molar refractivity (Wildman–Crippen MR) is 90.1 cm³/mol. The molecule has 1 aromatic carbocycles. The van der Waals surface area contributed by atoms with Crippen LogP contribution in [0.25, 0.3) is 6.08 Å². The first-order valence-corrected chi connectivity index (χ1v) is 7.97. The van der Waals surface area contributed by atoms with Crippen LogP contribution in [0.15, 0.2) is 24.3 Å². The van der Waals surface area contributed by atoms with E-state index in [0.29, 0.717) is 30.9 Å². The van der Waals surface area contributed by atoms with Gasteiger partial charge in [-0.25, -0.2) is 4.79 Å². The third kappa shape index (κ3) is 5.07. The molecule has 0 aliphatic carbocycles. The third-order valence-electron chi connectivity index (χ3n) is 3.62. The number of carbonyl (C=O) groups is 3. The molecule has 134 valence electrons. The number of esters is 1. The first-order chi connectivity index (χ1) is 12.0. The molecule has 1 aliphatic rings. The Labute approximate surface area is 146 Å². The molecule has 0 saturated carbocycles. The van der Waals surface area contributed by atoms with Gasteiger partial charge in [-0.1, -0.05) is 18.2 Å². The van der Waals surface area contributed by atoms with Gasteiger partial charge >= 0.3 is 5.97 Å². The number of imide groups is 1. The van der Waals surface area contributed by atoms with Crippen molar-refractivity contribution in [2.75, 3.05) is 26.9 Å². The van der Waals surface area contributed by atoms with E-state index < -0.39 is 18.5 Å². The van der Waals surface area contributed by atoms with Crippen molar-refractivity contribution in [3.63, 3.8) is 0 Å². The summed E-state index contributed by atoms with van der Waals surface area (Å²) in [4.78, 5) is 36.1. The summed E-state index contributed by atoms with van der Waals surface area (Å²) in [5, 5.41) is 0. The highest BCUT2D eigenvalue weighted by Gasteiger charge is 2.27. The number of allylic oxidation sites excluding steroid dienone is 1. The average Bonchev–Trinajstić information content (AvgIpc) is 3.04. The van der Waals surface area contributed by atoms with Crippen molar-refractivity contribution in [1.29, 1.82) is 0 Å². The molecule has 1 aliphatic heterocycles. The number of methoxy groups -OCH3 is 1. The van der Waals surface area contributed by atoms with Crippen LogP contribution in [0.2, 0.25) is 0 Å². The molecule has 0 aromatic heterocycles. The van der Waals surface area contributed by atoms with Crippen LogP contribution >= 0.6 is 0 Å². The third-order valence-corrected chi connectivity index (χ3v) is 3.62. The quantitative estimate of drug-likeness (QED) is 0.700. The zero-order valence-electron chi connectivity index (χ0n) is 14.3. The Hall–Kier alpha value is -2.83. The van der Waals surface area contributed by atoms with E-state index in [2.05, 4.69) is 0 Å². The van der Waals surface area contributed by atoms with Crippen molar-refractivity contribution in [2.45, 2.75) is 19.8 Å². The molecule has 0 radical (unpaired) electrons. The Bertz CT molecular complexity index is 682. The van der Waals surface area contributed by atoms with Crippen LogP contribution in [-0.4, -0.2) is 49.6 Å². The lowest BCUT2D eigenvalue weighted by Gasteiger charge is -2.14. The van der Waals surface area contributed by atoms with Crippen molar-refractivity contribution >= 4 is 23.9 Å². The van der Waals surface area contributed by atoms with Gasteiger partial charge in [0.25, 0.3) is 5.91 Å². The minimum absolute atomic E-state index is 0.233. The van der Waals surface area contributed by atoms with E-state index in [0.717, 1.165) is 10.5 Å². The molecule has 2 amide bonds. The van der Waals surface area contributed by atoms with Crippen LogP contribution in [-0.2, 0) is 19.1 Å². The van der Waals surface area contributed by atoms with E-state index in [4.69, 9.17) is 14.2 Å². The fourth-order valence-corrected chi connectivity index (χ4v) is 2.41. The summed E-state index contributed by atoms with van der Waals surface area (Å²) in [6.45, 7) is 1.46. The van der Waals surface area contributed by atoms with Crippen molar-refractivity contribution < 1.29 is 28.6 Å². The average molecular weight is 347 g/mol. The minimum Gasteiger partial charge on any atom is -0.493 e. The molecule has 1 aromatic rings. The molecule has 7 heteroatoms. The Morgan fingerprint density at radius 2 is 2.04 bits per heavy atom. The molecule has 1 heterocycles. The van der Waals surface area contributed by atoms with E-state index in [9.17, 15) is 14.4 Å². The van der Waals surface area contributed by atoms with Gasteiger partial charge in [0.15, 0.2) is 24.7 Å². The molecule has 1 saturated heterocycles. The van der Waals surface area contributed by atoms with Crippen LogP contribution in [0.3, 0.4) is 0 Å². The van der Waals surface area contributed by atoms with E-state index in [1.54, 1.807) is 12.1 Å². The highest BCUT2D eigenvalue weighted by Crippen LogP contribution is 2.28. The molecule has 0 unspecified atom stereocenters. The number of nitrogens with zero attached hydrogens (tertiary/aromatic N) is 1. The summed E-state index contributed by atoms with van der Waals surface area (Å²) in [5.41, 5.74) is 0.940. The van der Waals surface area contributed by atoms with Crippen molar-refractivity contribution in [3.05, 3.63) is 29.8 Å². The van der Waals surface area contributed by atoms with Gasteiger partial charge in [-0.2, -0.15) is 0 Å². The maximum Gasteiger partial charge on any atom is 0.344 e. The van der Waals surface area contributed by atoms with Crippen LogP contribution < -0.4 is 9.47 Å². The second kappa shape index (κ2) is 8.86. The van der Waals surface area contributed by atoms with Crippen molar-refractivity contribution in [2.24, 2.45) is 0 Å². The van der Waals surface area contributed by atoms with Crippen molar-refractivity contribution in [1.82, 2.24) is 4.90 Å². The number of ether oxygens (including phenoxy) is 3. The summed E-state index contributed by atoms with van der Waals surface area (Å²) >= 11 is 0. The van der Waals surface area contributed by atoms with Gasteiger partial charge in [-0.3, -0.25) is 14.5 Å². The van der Waals surface area contributed by atoms with E-state index >= 15 is 0 Å². The van der Waals surface area contributed by atoms with Gasteiger partial charge in [-0.15, -0.1) is 0 Å². The van der Waals surface area contributed by atoms with Crippen LogP contribution in [0.1, 0.15) is 25.3 Å². The maximum absolute atomic E-state index is 11.8. The molecule has 0 atom stereocenters. The molecular formula is C18H21NO6. The van der Waals surface area contributed by atoms with E-state index in [1.807, 2.05) is 25.1 Å². The van der Waals surface area contributed by atoms with Crippen LogP contribution in [0.5, 0.6) is 11.5 Å². The fraction of sp³-hybridized carbons (Fsp3) is 0.389.